The van der Waals surface area contributed by atoms with Gasteiger partial charge in [-0.2, -0.15) is 0 Å². The zero-order valence-corrected chi connectivity index (χ0v) is 7.64. The molecule has 0 aromatic heterocycles. The third-order valence-electron chi connectivity index (χ3n) is 1.51. The van der Waals surface area contributed by atoms with Crippen LogP contribution in [-0.4, -0.2) is 20.9 Å². The zero-order valence-electron chi connectivity index (χ0n) is 5.31. The predicted octanol–water partition coefficient (Wildman–Crippen LogP) is 2.20. The van der Waals surface area contributed by atoms with Gasteiger partial charge in [-0.15, -0.1) is 0 Å². The average Bonchev–Trinajstić information content (AvgIpc) is 1.90. The quantitative estimate of drug-likeness (QED) is 0.598. The van der Waals surface area contributed by atoms with E-state index in [9.17, 15) is 0 Å². The molecule has 0 saturated carbocycles. The maximum atomic E-state index is 2.46. The molecule has 0 atom stereocenters. The number of hydrogen-bond donors (Lipinski definition) is 0. The Morgan fingerprint density at radius 3 is 2.75 bits per heavy atom. The van der Waals surface area contributed by atoms with Crippen LogP contribution in [0.3, 0.4) is 0 Å². The first kappa shape index (κ1) is 6.65. The summed E-state index contributed by atoms with van der Waals surface area (Å²) in [6.45, 7) is 0. The minimum atomic E-state index is 0.296. The molecule has 0 spiro atoms. The second-order valence-electron chi connectivity index (χ2n) is 2.12. The van der Waals surface area contributed by atoms with E-state index >= 15 is 0 Å². The second-order valence-corrected chi connectivity index (χ2v) is 4.78. The fourth-order valence-corrected chi connectivity index (χ4v) is 2.80. The molecule has 0 aromatic carbocycles. The Bertz CT molecular complexity index is 94.6. The van der Waals surface area contributed by atoms with Crippen molar-refractivity contribution < 1.29 is 0 Å². The van der Waals surface area contributed by atoms with Crippen LogP contribution in [0.5, 0.6) is 0 Å². The fraction of sp³-hybridized carbons (Fsp3) is 0.714. The van der Waals surface area contributed by atoms with Crippen molar-refractivity contribution in [2.24, 2.45) is 0 Å². The van der Waals surface area contributed by atoms with Gasteiger partial charge in [0, 0.05) is 0 Å². The van der Waals surface area contributed by atoms with Crippen LogP contribution >= 0.6 is 0 Å². The summed E-state index contributed by atoms with van der Waals surface area (Å²) < 4.78 is 1.81. The molecule has 0 heterocycles. The fourth-order valence-electron chi connectivity index (χ4n) is 0.994. The third kappa shape index (κ3) is 1.80. The van der Waals surface area contributed by atoms with Gasteiger partial charge in [-0.05, 0) is 0 Å². The molecular weight excluding hydrogens is 212 g/mol. The first-order valence-electron chi connectivity index (χ1n) is 3.16. The summed E-state index contributed by atoms with van der Waals surface area (Å²) in [5.74, 6) is 0. The van der Waals surface area contributed by atoms with Crippen molar-refractivity contribution in [2.75, 3.05) is 0 Å². The van der Waals surface area contributed by atoms with Gasteiger partial charge < -0.3 is 0 Å². The molecule has 0 fully saturated rings. The molecule has 0 aliphatic heterocycles. The van der Waals surface area contributed by atoms with Gasteiger partial charge in [0.1, 0.15) is 0 Å². The van der Waals surface area contributed by atoms with Crippen LogP contribution in [0.15, 0.2) is 9.70 Å². The Balaban J connectivity index is 2.37. The van der Waals surface area contributed by atoms with E-state index in [0.717, 1.165) is 0 Å². The molecule has 0 unspecified atom stereocenters. The molecule has 8 heavy (non-hydrogen) atoms. The number of rotatable bonds is 1. The van der Waals surface area contributed by atoms with Crippen molar-refractivity contribution >= 4 is 20.9 Å². The van der Waals surface area contributed by atoms with Crippen LogP contribution in [0.4, 0.5) is 0 Å². The van der Waals surface area contributed by atoms with Gasteiger partial charge in [0.05, 0.1) is 0 Å². The molecule has 46 valence electrons. The first-order valence-corrected chi connectivity index (χ1v) is 6.66. The molecule has 0 aromatic rings. The topological polar surface area (TPSA) is 0 Å². The normalized spacial score (nSPS) is 20.4. The van der Waals surface area contributed by atoms with Gasteiger partial charge in [-0.1, -0.05) is 0 Å². The van der Waals surface area contributed by atoms with E-state index in [1.807, 2.05) is 3.62 Å². The zero-order chi connectivity index (χ0) is 5.82. The van der Waals surface area contributed by atoms with Gasteiger partial charge in [0.2, 0.25) is 0 Å². The summed E-state index contributed by atoms with van der Waals surface area (Å²) in [6.07, 6.45) is 8.17. The van der Waals surface area contributed by atoms with E-state index < -0.39 is 0 Å². The summed E-state index contributed by atoms with van der Waals surface area (Å²) >= 11 is 0.296. The van der Waals surface area contributed by atoms with Gasteiger partial charge in [-0.25, -0.2) is 0 Å². The Morgan fingerprint density at radius 2 is 2.38 bits per heavy atom. The Kier molecular flexibility index (Phi) is 2.94. The standard InChI is InChI=1S/C7H12Te/c1-8-7-5-3-2-4-6-7/h5H,2-4,6H2,1H3. The van der Waals surface area contributed by atoms with Crippen LogP contribution < -0.4 is 0 Å². The summed E-state index contributed by atoms with van der Waals surface area (Å²) in [7, 11) is 0. The third-order valence-corrected chi connectivity index (χ3v) is 4.07. The second kappa shape index (κ2) is 3.54. The first-order chi connectivity index (χ1) is 3.93. The summed E-state index contributed by atoms with van der Waals surface area (Å²) in [5.41, 5.74) is 0. The van der Waals surface area contributed by atoms with Crippen molar-refractivity contribution in [2.45, 2.75) is 30.7 Å². The molecule has 0 nitrogen and oxygen atoms in total. The molecule has 1 heteroatoms. The van der Waals surface area contributed by atoms with Crippen LogP contribution in [0.25, 0.3) is 0 Å². The van der Waals surface area contributed by atoms with Crippen LogP contribution in [-0.2, 0) is 0 Å². The predicted molar refractivity (Wildman–Crippen MR) is 38.2 cm³/mol. The van der Waals surface area contributed by atoms with E-state index in [2.05, 4.69) is 11.0 Å². The Morgan fingerprint density at radius 1 is 1.50 bits per heavy atom. The van der Waals surface area contributed by atoms with E-state index in [1.54, 1.807) is 0 Å². The average molecular weight is 224 g/mol. The van der Waals surface area contributed by atoms with E-state index in [4.69, 9.17) is 0 Å². The van der Waals surface area contributed by atoms with Crippen LogP contribution in [0.1, 0.15) is 25.7 Å². The van der Waals surface area contributed by atoms with Gasteiger partial charge in [0.15, 0.2) is 0 Å². The van der Waals surface area contributed by atoms with E-state index in [1.165, 1.54) is 25.7 Å². The Hall–Kier alpha value is 0.530. The van der Waals surface area contributed by atoms with Crippen molar-refractivity contribution in [1.82, 2.24) is 0 Å². The van der Waals surface area contributed by atoms with Crippen molar-refractivity contribution in [3.05, 3.63) is 9.70 Å². The molecule has 0 radical (unpaired) electrons. The SMILES string of the molecule is C[Te]C1=CCCCC1. The molecule has 0 amide bonds. The monoisotopic (exact) mass is 226 g/mol. The van der Waals surface area contributed by atoms with E-state index in [-0.39, 0.29) is 0 Å². The molecule has 1 rings (SSSR count). The molecule has 0 N–H and O–H groups in total. The molecule has 0 bridgehead atoms. The number of hydrogen-bond acceptors (Lipinski definition) is 0. The van der Waals surface area contributed by atoms with Crippen LogP contribution in [0, 0.1) is 0 Å². The summed E-state index contributed by atoms with van der Waals surface area (Å²) in [4.78, 5) is 2.38. The molecule has 0 saturated heterocycles. The van der Waals surface area contributed by atoms with Crippen molar-refractivity contribution in [3.63, 3.8) is 0 Å². The molecule has 1 aliphatic rings. The van der Waals surface area contributed by atoms with Crippen LogP contribution in [0.2, 0.25) is 4.97 Å². The van der Waals surface area contributed by atoms with Gasteiger partial charge in [-0.3, -0.25) is 0 Å². The number of allylic oxidation sites excluding steroid dienone is 2. The molecule has 1 aliphatic carbocycles. The summed E-state index contributed by atoms with van der Waals surface area (Å²) in [6, 6.07) is 0. The minimum absolute atomic E-state index is 0.296. The van der Waals surface area contributed by atoms with Gasteiger partial charge >= 0.3 is 61.3 Å². The van der Waals surface area contributed by atoms with Gasteiger partial charge in [0.25, 0.3) is 0 Å². The van der Waals surface area contributed by atoms with Crippen molar-refractivity contribution in [1.29, 1.82) is 0 Å². The maximum absolute atomic E-state index is 2.46. The Labute approximate surface area is 61.4 Å². The molecular formula is C7H12Te. The van der Waals surface area contributed by atoms with E-state index in [0.29, 0.717) is 20.9 Å². The van der Waals surface area contributed by atoms with Crippen molar-refractivity contribution in [3.8, 4) is 0 Å². The summed E-state index contributed by atoms with van der Waals surface area (Å²) in [5, 5.41) is 0.